The maximum Gasteiger partial charge on any atom is 0.258 e. The lowest BCUT2D eigenvalue weighted by Crippen LogP contribution is -2.44. The third kappa shape index (κ3) is 4.08. The Morgan fingerprint density at radius 1 is 1.22 bits per heavy atom. The summed E-state index contributed by atoms with van der Waals surface area (Å²) in [6.07, 6.45) is 6.57. The Morgan fingerprint density at radius 3 is 2.74 bits per heavy atom. The van der Waals surface area contributed by atoms with Crippen molar-refractivity contribution in [3.63, 3.8) is 0 Å². The van der Waals surface area contributed by atoms with Crippen LogP contribution in [0.15, 0.2) is 11.4 Å². The molecular weight excluding hydrogens is 378 g/mol. The van der Waals surface area contributed by atoms with Crippen LogP contribution < -0.4 is 10.6 Å². The molecule has 8 heteroatoms. The molecule has 2 atom stereocenters. The summed E-state index contributed by atoms with van der Waals surface area (Å²) < 4.78 is 0. The van der Waals surface area contributed by atoms with Crippen LogP contribution in [0, 0.1) is 6.92 Å². The molecule has 0 spiro atoms. The van der Waals surface area contributed by atoms with Crippen molar-refractivity contribution in [3.8, 4) is 0 Å². The van der Waals surface area contributed by atoms with E-state index in [1.165, 1.54) is 61.4 Å². The highest BCUT2D eigenvalue weighted by molar-refractivity contribution is 7.15. The van der Waals surface area contributed by atoms with Gasteiger partial charge in [0.2, 0.25) is 5.13 Å². The van der Waals surface area contributed by atoms with E-state index >= 15 is 0 Å². The Morgan fingerprint density at radius 2 is 2.04 bits per heavy atom. The number of anilines is 1. The Labute approximate surface area is 167 Å². The van der Waals surface area contributed by atoms with Gasteiger partial charge < -0.3 is 10.2 Å². The summed E-state index contributed by atoms with van der Waals surface area (Å²) in [4.78, 5) is 16.4. The molecule has 5 rings (SSSR count). The van der Waals surface area contributed by atoms with E-state index in [-0.39, 0.29) is 5.91 Å². The van der Waals surface area contributed by atoms with Crippen molar-refractivity contribution < 1.29 is 4.79 Å². The normalized spacial score (nSPS) is 26.3. The Kier molecular flexibility index (Phi) is 4.75. The van der Waals surface area contributed by atoms with Gasteiger partial charge in [-0.05, 0) is 58.2 Å². The van der Waals surface area contributed by atoms with Crippen LogP contribution in [0.1, 0.15) is 58.3 Å². The Balaban J connectivity index is 1.12. The van der Waals surface area contributed by atoms with Gasteiger partial charge in [0, 0.05) is 34.3 Å². The second-order valence-electron chi connectivity index (χ2n) is 7.97. The zero-order valence-electron chi connectivity index (χ0n) is 15.5. The lowest BCUT2D eigenvalue weighted by atomic mass is 10.0. The van der Waals surface area contributed by atoms with Gasteiger partial charge in [-0.2, -0.15) is 0 Å². The zero-order valence-corrected chi connectivity index (χ0v) is 17.1. The fraction of sp³-hybridized carbons (Fsp3) is 0.632. The number of likely N-dealkylation sites (tertiary alicyclic amines) is 1. The van der Waals surface area contributed by atoms with Crippen molar-refractivity contribution >= 4 is 33.7 Å². The standard InChI is InChI=1S/C19H25N5OS2/c1-11-22-23-19(27-11)21-18(25)12-8-17(26-10-12)15-9-16(15)20-13-4-6-24(7-5-13)14-2-3-14/h8,10,13-16,20H,2-7,9H2,1H3,(H,21,23,25)/t15-,16+/m0/s1. The first kappa shape index (κ1) is 17.7. The largest absolute Gasteiger partial charge is 0.310 e. The first-order chi connectivity index (χ1) is 13.2. The number of hydrogen-bond acceptors (Lipinski definition) is 7. The van der Waals surface area contributed by atoms with Crippen molar-refractivity contribution in [1.82, 2.24) is 20.4 Å². The molecule has 1 aliphatic heterocycles. The van der Waals surface area contributed by atoms with E-state index < -0.39 is 0 Å². The van der Waals surface area contributed by atoms with E-state index in [4.69, 9.17) is 0 Å². The van der Waals surface area contributed by atoms with E-state index in [1.807, 2.05) is 12.3 Å². The molecule has 1 saturated heterocycles. The second-order valence-corrected chi connectivity index (χ2v) is 10.1. The first-order valence-corrected chi connectivity index (χ1v) is 11.6. The number of carbonyl (C=O) groups is 1. The summed E-state index contributed by atoms with van der Waals surface area (Å²) in [5.41, 5.74) is 0.728. The molecule has 144 valence electrons. The van der Waals surface area contributed by atoms with Crippen LogP contribution in [0.2, 0.25) is 0 Å². The van der Waals surface area contributed by atoms with Gasteiger partial charge in [0.15, 0.2) is 0 Å². The average molecular weight is 404 g/mol. The van der Waals surface area contributed by atoms with Crippen molar-refractivity contribution in [2.45, 2.75) is 63.1 Å². The molecule has 0 unspecified atom stereocenters. The van der Waals surface area contributed by atoms with Gasteiger partial charge >= 0.3 is 0 Å². The minimum Gasteiger partial charge on any atom is -0.310 e. The monoisotopic (exact) mass is 403 g/mol. The van der Waals surface area contributed by atoms with Gasteiger partial charge in [0.25, 0.3) is 5.91 Å². The molecule has 0 bridgehead atoms. The highest BCUT2D eigenvalue weighted by Gasteiger charge is 2.41. The minimum absolute atomic E-state index is 0.0914. The summed E-state index contributed by atoms with van der Waals surface area (Å²) in [7, 11) is 0. The van der Waals surface area contributed by atoms with Crippen LogP contribution in [0.25, 0.3) is 0 Å². The maximum absolute atomic E-state index is 12.4. The lowest BCUT2D eigenvalue weighted by molar-refractivity contribution is 0.102. The Hall–Kier alpha value is -1.35. The molecule has 2 aromatic rings. The molecule has 6 nitrogen and oxygen atoms in total. The number of aromatic nitrogens is 2. The van der Waals surface area contributed by atoms with E-state index in [0.29, 0.717) is 23.1 Å². The fourth-order valence-electron chi connectivity index (χ4n) is 4.05. The summed E-state index contributed by atoms with van der Waals surface area (Å²) in [6, 6.07) is 4.20. The van der Waals surface area contributed by atoms with Gasteiger partial charge in [-0.1, -0.05) is 11.3 Å². The van der Waals surface area contributed by atoms with Gasteiger partial charge in [-0.25, -0.2) is 0 Å². The van der Waals surface area contributed by atoms with E-state index in [1.54, 1.807) is 11.3 Å². The van der Waals surface area contributed by atoms with Gasteiger partial charge in [0.05, 0.1) is 5.56 Å². The maximum atomic E-state index is 12.4. The van der Waals surface area contributed by atoms with Crippen LogP contribution in [0.5, 0.6) is 0 Å². The quantitative estimate of drug-likeness (QED) is 0.775. The summed E-state index contributed by atoms with van der Waals surface area (Å²) in [5, 5.41) is 18.0. The van der Waals surface area contributed by atoms with Crippen molar-refractivity contribution in [1.29, 1.82) is 0 Å². The molecule has 3 fully saturated rings. The number of amides is 1. The number of piperidine rings is 1. The minimum atomic E-state index is -0.0914. The van der Waals surface area contributed by atoms with Gasteiger partial charge in [-0.3, -0.25) is 10.1 Å². The van der Waals surface area contributed by atoms with Crippen LogP contribution >= 0.6 is 22.7 Å². The summed E-state index contributed by atoms with van der Waals surface area (Å²) in [5.74, 6) is 0.480. The third-order valence-corrected chi connectivity index (χ3v) is 7.65. The summed E-state index contributed by atoms with van der Waals surface area (Å²) >= 11 is 3.10. The number of nitrogens with one attached hydrogen (secondary N) is 2. The number of rotatable bonds is 6. The molecule has 1 amide bonds. The molecule has 0 radical (unpaired) electrons. The molecule has 27 heavy (non-hydrogen) atoms. The molecule has 2 aliphatic carbocycles. The topological polar surface area (TPSA) is 70.1 Å². The molecule has 2 aromatic heterocycles. The smallest absolute Gasteiger partial charge is 0.258 e. The molecule has 2 N–H and O–H groups in total. The Bertz CT molecular complexity index is 822. The van der Waals surface area contributed by atoms with Gasteiger partial charge in [0.1, 0.15) is 5.01 Å². The number of hydrogen-bond donors (Lipinski definition) is 2. The molecule has 0 aromatic carbocycles. The third-order valence-electron chi connectivity index (χ3n) is 5.83. The van der Waals surface area contributed by atoms with Crippen molar-refractivity contribution in [2.24, 2.45) is 0 Å². The molecule has 2 saturated carbocycles. The number of aryl methyl sites for hydroxylation is 1. The SMILES string of the molecule is Cc1nnc(NC(=O)c2csc([C@H]3C[C@H]3NC3CCN(C4CC4)CC3)c2)s1. The average Bonchev–Trinajstić information content (AvgIpc) is 3.56. The predicted octanol–water partition coefficient (Wildman–Crippen LogP) is 3.23. The fourth-order valence-corrected chi connectivity index (χ4v) is 5.71. The first-order valence-electron chi connectivity index (χ1n) is 9.85. The van der Waals surface area contributed by atoms with Crippen LogP contribution in [0.4, 0.5) is 5.13 Å². The molecule has 3 aliphatic rings. The van der Waals surface area contributed by atoms with E-state index in [9.17, 15) is 4.79 Å². The van der Waals surface area contributed by atoms with E-state index in [0.717, 1.165) is 16.6 Å². The van der Waals surface area contributed by atoms with Crippen LogP contribution in [-0.4, -0.2) is 52.2 Å². The number of thiophene rings is 1. The number of nitrogens with zero attached hydrogens (tertiary/aromatic N) is 3. The van der Waals surface area contributed by atoms with Crippen molar-refractivity contribution in [2.75, 3.05) is 18.4 Å². The highest BCUT2D eigenvalue weighted by Crippen LogP contribution is 2.44. The number of carbonyl (C=O) groups excluding carboxylic acids is 1. The van der Waals surface area contributed by atoms with Crippen LogP contribution in [-0.2, 0) is 0 Å². The molecular formula is C19H25N5OS2. The zero-order chi connectivity index (χ0) is 18.4. The summed E-state index contributed by atoms with van der Waals surface area (Å²) in [6.45, 7) is 4.40. The van der Waals surface area contributed by atoms with Crippen molar-refractivity contribution in [3.05, 3.63) is 26.9 Å². The predicted molar refractivity (Wildman–Crippen MR) is 109 cm³/mol. The van der Waals surface area contributed by atoms with Gasteiger partial charge in [-0.15, -0.1) is 21.5 Å². The van der Waals surface area contributed by atoms with E-state index in [2.05, 4.69) is 31.8 Å². The second kappa shape index (κ2) is 7.24. The molecule has 3 heterocycles. The lowest BCUT2D eigenvalue weighted by Gasteiger charge is -2.32. The highest BCUT2D eigenvalue weighted by atomic mass is 32.1. The van der Waals surface area contributed by atoms with Crippen LogP contribution in [0.3, 0.4) is 0 Å².